The summed E-state index contributed by atoms with van der Waals surface area (Å²) in [5.74, 6) is -1.69. The molecule has 1 atom stereocenters. The Labute approximate surface area is 117 Å². The van der Waals surface area contributed by atoms with Gasteiger partial charge in [0, 0.05) is 18.7 Å². The number of amides is 1. The van der Waals surface area contributed by atoms with E-state index in [2.05, 4.69) is 0 Å². The molecule has 0 spiro atoms. The summed E-state index contributed by atoms with van der Waals surface area (Å²) in [6.45, 7) is 2.68. The first-order chi connectivity index (χ1) is 9.39. The van der Waals surface area contributed by atoms with E-state index in [1.807, 2.05) is 0 Å². The summed E-state index contributed by atoms with van der Waals surface area (Å²) >= 11 is 0. The molecule has 0 bridgehead atoms. The normalized spacial score (nSPS) is 23.5. The second-order valence-electron chi connectivity index (χ2n) is 5.61. The molecule has 0 radical (unpaired) electrons. The first-order valence-electron chi connectivity index (χ1n) is 6.82. The van der Waals surface area contributed by atoms with Crippen molar-refractivity contribution >= 4 is 5.91 Å². The molecular formula is C15H19F2NO2. The average molecular weight is 283 g/mol. The van der Waals surface area contributed by atoms with E-state index in [0.29, 0.717) is 32.4 Å². The third-order valence-electron chi connectivity index (χ3n) is 3.81. The van der Waals surface area contributed by atoms with Crippen molar-refractivity contribution in [2.24, 2.45) is 0 Å². The van der Waals surface area contributed by atoms with Gasteiger partial charge in [-0.1, -0.05) is 6.07 Å². The van der Waals surface area contributed by atoms with Crippen LogP contribution in [0, 0.1) is 11.6 Å². The lowest BCUT2D eigenvalue weighted by Gasteiger charge is -2.22. The minimum atomic E-state index is -0.766. The Morgan fingerprint density at radius 3 is 2.60 bits per heavy atom. The fraction of sp³-hybridized carbons (Fsp3) is 0.533. The number of benzene rings is 1. The molecule has 110 valence electrons. The van der Waals surface area contributed by atoms with Gasteiger partial charge in [0.05, 0.1) is 12.0 Å². The molecule has 1 aromatic carbocycles. The lowest BCUT2D eigenvalue weighted by Crippen LogP contribution is -2.34. The summed E-state index contributed by atoms with van der Waals surface area (Å²) in [6.07, 6.45) is 1.53. The molecule has 0 aromatic heterocycles. The fourth-order valence-electron chi connectivity index (χ4n) is 2.48. The molecule has 0 aliphatic carbocycles. The molecule has 1 aliphatic heterocycles. The minimum Gasteiger partial charge on any atom is -0.390 e. The van der Waals surface area contributed by atoms with Crippen LogP contribution in [0.15, 0.2) is 18.2 Å². The van der Waals surface area contributed by atoms with Crippen LogP contribution in [0.25, 0.3) is 0 Å². The Kier molecular flexibility index (Phi) is 4.38. The molecular weight excluding hydrogens is 264 g/mol. The minimum absolute atomic E-state index is 0.187. The van der Waals surface area contributed by atoms with Gasteiger partial charge in [0.1, 0.15) is 11.6 Å². The van der Waals surface area contributed by atoms with Crippen LogP contribution in [0.4, 0.5) is 8.78 Å². The van der Waals surface area contributed by atoms with Crippen molar-refractivity contribution in [3.05, 3.63) is 35.4 Å². The molecule has 2 rings (SSSR count). The van der Waals surface area contributed by atoms with Gasteiger partial charge in [0.2, 0.25) is 5.91 Å². The summed E-state index contributed by atoms with van der Waals surface area (Å²) in [6, 6.07) is 3.58. The second kappa shape index (κ2) is 5.87. The number of carbonyl (C=O) groups excluding carboxylic acids is 1. The van der Waals surface area contributed by atoms with Gasteiger partial charge in [0.15, 0.2) is 0 Å². The smallest absolute Gasteiger partial charge is 0.227 e. The molecule has 3 nitrogen and oxygen atoms in total. The van der Waals surface area contributed by atoms with Gasteiger partial charge < -0.3 is 10.0 Å². The van der Waals surface area contributed by atoms with Crippen molar-refractivity contribution in [3.8, 4) is 0 Å². The Morgan fingerprint density at radius 2 is 1.95 bits per heavy atom. The zero-order valence-corrected chi connectivity index (χ0v) is 11.5. The van der Waals surface area contributed by atoms with Crippen molar-refractivity contribution in [2.75, 3.05) is 13.1 Å². The van der Waals surface area contributed by atoms with Gasteiger partial charge in [-0.15, -0.1) is 0 Å². The summed E-state index contributed by atoms with van der Waals surface area (Å²) in [5.41, 5.74) is -0.952. The molecule has 1 heterocycles. The molecule has 1 unspecified atom stereocenters. The number of likely N-dealkylation sites (tertiary alicyclic amines) is 1. The van der Waals surface area contributed by atoms with Crippen molar-refractivity contribution in [3.63, 3.8) is 0 Å². The number of hydrogen-bond donors (Lipinski definition) is 1. The standard InChI is InChI=1S/C15H19F2NO2/c1-15(20)6-3-8-18(9-7-15)14(19)10-11-12(16)4-2-5-13(11)17/h2,4-5,20H,3,6-10H2,1H3. The number of aliphatic hydroxyl groups is 1. The van der Waals surface area contributed by atoms with Crippen molar-refractivity contribution in [2.45, 2.75) is 38.2 Å². The van der Waals surface area contributed by atoms with Crippen LogP contribution in [-0.4, -0.2) is 34.6 Å². The van der Waals surface area contributed by atoms with Crippen LogP contribution in [0.2, 0.25) is 0 Å². The number of rotatable bonds is 2. The molecule has 20 heavy (non-hydrogen) atoms. The maximum atomic E-state index is 13.5. The monoisotopic (exact) mass is 283 g/mol. The first-order valence-corrected chi connectivity index (χ1v) is 6.82. The third kappa shape index (κ3) is 3.54. The van der Waals surface area contributed by atoms with Gasteiger partial charge in [-0.25, -0.2) is 8.78 Å². The molecule has 1 N–H and O–H groups in total. The van der Waals surface area contributed by atoms with Gasteiger partial charge in [-0.2, -0.15) is 0 Å². The van der Waals surface area contributed by atoms with Gasteiger partial charge in [-0.05, 0) is 38.3 Å². The molecule has 0 saturated carbocycles. The van der Waals surface area contributed by atoms with Gasteiger partial charge in [-0.3, -0.25) is 4.79 Å². The van der Waals surface area contributed by atoms with E-state index in [1.165, 1.54) is 6.07 Å². The number of carbonyl (C=O) groups is 1. The van der Waals surface area contributed by atoms with Crippen LogP contribution in [0.3, 0.4) is 0 Å². The van der Waals surface area contributed by atoms with E-state index in [9.17, 15) is 18.7 Å². The summed E-state index contributed by atoms with van der Waals surface area (Å²) < 4.78 is 27.1. The van der Waals surface area contributed by atoms with E-state index >= 15 is 0 Å². The van der Waals surface area contributed by atoms with E-state index in [1.54, 1.807) is 11.8 Å². The lowest BCUT2D eigenvalue weighted by atomic mass is 9.98. The number of hydrogen-bond acceptors (Lipinski definition) is 2. The maximum Gasteiger partial charge on any atom is 0.227 e. The average Bonchev–Trinajstić information content (AvgIpc) is 2.55. The molecule has 1 saturated heterocycles. The second-order valence-corrected chi connectivity index (χ2v) is 5.61. The van der Waals surface area contributed by atoms with Crippen LogP contribution in [-0.2, 0) is 11.2 Å². The van der Waals surface area contributed by atoms with Gasteiger partial charge >= 0.3 is 0 Å². The Hall–Kier alpha value is -1.49. The molecule has 1 fully saturated rings. The lowest BCUT2D eigenvalue weighted by molar-refractivity contribution is -0.130. The van der Waals surface area contributed by atoms with Gasteiger partial charge in [0.25, 0.3) is 0 Å². The summed E-state index contributed by atoms with van der Waals surface area (Å²) in [7, 11) is 0. The number of halogens is 2. The van der Waals surface area contributed by atoms with Crippen LogP contribution in [0.1, 0.15) is 31.7 Å². The topological polar surface area (TPSA) is 40.5 Å². The van der Waals surface area contributed by atoms with Crippen LogP contribution in [0.5, 0.6) is 0 Å². The summed E-state index contributed by atoms with van der Waals surface area (Å²) in [5, 5.41) is 9.97. The van der Waals surface area contributed by atoms with Crippen molar-refractivity contribution in [1.82, 2.24) is 4.90 Å². The maximum absolute atomic E-state index is 13.5. The summed E-state index contributed by atoms with van der Waals surface area (Å²) in [4.78, 5) is 13.7. The Morgan fingerprint density at radius 1 is 1.30 bits per heavy atom. The first kappa shape index (κ1) is 14.9. The zero-order valence-electron chi connectivity index (χ0n) is 11.5. The molecule has 1 aromatic rings. The quantitative estimate of drug-likeness (QED) is 0.904. The highest BCUT2D eigenvalue weighted by Crippen LogP contribution is 2.22. The van der Waals surface area contributed by atoms with E-state index in [0.717, 1.165) is 12.1 Å². The van der Waals surface area contributed by atoms with Crippen LogP contribution < -0.4 is 0 Å². The third-order valence-corrected chi connectivity index (χ3v) is 3.81. The highest BCUT2D eigenvalue weighted by atomic mass is 19.1. The van der Waals surface area contributed by atoms with E-state index in [-0.39, 0.29) is 17.9 Å². The van der Waals surface area contributed by atoms with Crippen molar-refractivity contribution < 1.29 is 18.7 Å². The SMILES string of the molecule is CC1(O)CCCN(C(=O)Cc2c(F)cccc2F)CC1. The highest BCUT2D eigenvalue weighted by Gasteiger charge is 2.27. The Balaban J connectivity index is 2.05. The largest absolute Gasteiger partial charge is 0.390 e. The molecule has 1 amide bonds. The van der Waals surface area contributed by atoms with E-state index < -0.39 is 17.2 Å². The highest BCUT2D eigenvalue weighted by molar-refractivity contribution is 5.79. The van der Waals surface area contributed by atoms with E-state index in [4.69, 9.17) is 0 Å². The Bertz CT molecular complexity index is 482. The van der Waals surface area contributed by atoms with Crippen molar-refractivity contribution in [1.29, 1.82) is 0 Å². The predicted molar refractivity (Wildman–Crippen MR) is 71.1 cm³/mol. The van der Waals surface area contributed by atoms with Crippen LogP contribution >= 0.6 is 0 Å². The molecule has 5 heteroatoms. The number of nitrogens with zero attached hydrogens (tertiary/aromatic N) is 1. The zero-order chi connectivity index (χ0) is 14.8. The predicted octanol–water partition coefficient (Wildman–Crippen LogP) is 2.27. The molecule has 1 aliphatic rings. The fourth-order valence-corrected chi connectivity index (χ4v) is 2.48.